The molecule has 1 atom stereocenters. The van der Waals surface area contributed by atoms with Crippen molar-refractivity contribution >= 4 is 35.6 Å². The molecule has 0 bridgehead atoms. The molecule has 0 radical (unpaired) electrons. The van der Waals surface area contributed by atoms with Crippen LogP contribution < -0.4 is 26.3 Å². The second kappa shape index (κ2) is 10.2. The quantitative estimate of drug-likeness (QED) is 0.173. The smallest absolute Gasteiger partial charge is 0.413 e. The standard InChI is InChI=1S/C19H18N4O8/c20-18(21)22-11-3-1-10(2-4-11)17(28)30-12-5-7-13(8-6-12)31-19(29)23-14(16(26)27)9-15(24)25/h1-8,14H,9H2,(H,23,29)(H,24,25)(H,26,27)(H4,20,21,22). The number of guanidine groups is 1. The summed E-state index contributed by atoms with van der Waals surface area (Å²) in [4.78, 5) is 49.3. The number of carboxylic acids is 2. The van der Waals surface area contributed by atoms with Gasteiger partial charge in [-0.25, -0.2) is 19.4 Å². The van der Waals surface area contributed by atoms with E-state index in [1.807, 2.05) is 5.32 Å². The highest BCUT2D eigenvalue weighted by Gasteiger charge is 2.24. The lowest BCUT2D eigenvalue weighted by molar-refractivity contribution is -0.145. The number of esters is 1. The monoisotopic (exact) mass is 430 g/mol. The lowest BCUT2D eigenvalue weighted by Gasteiger charge is -2.12. The van der Waals surface area contributed by atoms with Gasteiger partial charge in [0, 0.05) is 0 Å². The molecule has 12 heteroatoms. The summed E-state index contributed by atoms with van der Waals surface area (Å²) < 4.78 is 10.1. The summed E-state index contributed by atoms with van der Waals surface area (Å²) in [6, 6.07) is 9.66. The van der Waals surface area contributed by atoms with E-state index >= 15 is 0 Å². The molecule has 2 rings (SSSR count). The Morgan fingerprint density at radius 3 is 1.94 bits per heavy atom. The Hall–Kier alpha value is -4.61. The van der Waals surface area contributed by atoms with Crippen LogP contribution in [0.3, 0.4) is 0 Å². The van der Waals surface area contributed by atoms with Crippen molar-refractivity contribution in [1.29, 1.82) is 0 Å². The van der Waals surface area contributed by atoms with Crippen LogP contribution in [0.25, 0.3) is 0 Å². The Morgan fingerprint density at radius 2 is 1.45 bits per heavy atom. The van der Waals surface area contributed by atoms with E-state index < -0.39 is 36.5 Å². The van der Waals surface area contributed by atoms with Crippen molar-refractivity contribution < 1.29 is 38.9 Å². The fourth-order valence-corrected chi connectivity index (χ4v) is 2.22. The first-order chi connectivity index (χ1) is 14.6. The van der Waals surface area contributed by atoms with Crippen molar-refractivity contribution in [1.82, 2.24) is 5.32 Å². The summed E-state index contributed by atoms with van der Waals surface area (Å²) in [5.41, 5.74) is 11.3. The molecule has 7 N–H and O–H groups in total. The molecule has 0 heterocycles. The molecule has 2 aromatic rings. The predicted octanol–water partition coefficient (Wildman–Crippen LogP) is 0.827. The summed E-state index contributed by atoms with van der Waals surface area (Å²) in [7, 11) is 0. The van der Waals surface area contributed by atoms with Gasteiger partial charge in [0.05, 0.1) is 17.7 Å². The van der Waals surface area contributed by atoms with Gasteiger partial charge in [-0.15, -0.1) is 0 Å². The zero-order chi connectivity index (χ0) is 23.0. The number of carboxylic acid groups (broad SMARTS) is 2. The molecule has 0 aliphatic heterocycles. The maximum absolute atomic E-state index is 12.2. The van der Waals surface area contributed by atoms with Crippen LogP contribution in [0.2, 0.25) is 0 Å². The number of carbonyl (C=O) groups excluding carboxylic acids is 2. The zero-order valence-corrected chi connectivity index (χ0v) is 15.8. The minimum atomic E-state index is -1.65. The van der Waals surface area contributed by atoms with E-state index in [0.717, 1.165) is 0 Å². The highest BCUT2D eigenvalue weighted by molar-refractivity contribution is 5.91. The largest absolute Gasteiger partial charge is 0.481 e. The normalized spacial score (nSPS) is 11.0. The third-order valence-corrected chi connectivity index (χ3v) is 3.57. The number of hydrogen-bond donors (Lipinski definition) is 5. The molecule has 162 valence electrons. The number of aliphatic imine (C=N–C) groups is 1. The van der Waals surface area contributed by atoms with Gasteiger partial charge in [-0.1, -0.05) is 0 Å². The summed E-state index contributed by atoms with van der Waals surface area (Å²) in [6.45, 7) is 0. The van der Waals surface area contributed by atoms with Gasteiger partial charge >= 0.3 is 24.0 Å². The third kappa shape index (κ3) is 7.38. The van der Waals surface area contributed by atoms with Crippen LogP contribution in [0.4, 0.5) is 10.5 Å². The molecule has 0 aliphatic carbocycles. The number of nitrogens with zero attached hydrogens (tertiary/aromatic N) is 1. The van der Waals surface area contributed by atoms with E-state index in [1.54, 1.807) is 0 Å². The summed E-state index contributed by atoms with van der Waals surface area (Å²) in [5, 5.41) is 19.5. The summed E-state index contributed by atoms with van der Waals surface area (Å²) >= 11 is 0. The number of benzene rings is 2. The van der Waals surface area contributed by atoms with Gasteiger partial charge < -0.3 is 36.5 Å². The van der Waals surface area contributed by atoms with E-state index in [4.69, 9.17) is 31.2 Å². The Bertz CT molecular complexity index is 999. The fourth-order valence-electron chi connectivity index (χ4n) is 2.22. The number of amides is 1. The maximum atomic E-state index is 12.2. The van der Waals surface area contributed by atoms with Gasteiger partial charge in [0.15, 0.2) is 5.96 Å². The van der Waals surface area contributed by atoms with E-state index in [1.165, 1.54) is 48.5 Å². The molecule has 0 saturated heterocycles. The molecule has 2 aromatic carbocycles. The Balaban J connectivity index is 1.94. The SMILES string of the molecule is NC(N)=Nc1ccc(C(=O)Oc2ccc(OC(=O)NC(CC(=O)O)C(=O)O)cc2)cc1. The van der Waals surface area contributed by atoms with Gasteiger partial charge in [0.25, 0.3) is 0 Å². The Morgan fingerprint density at radius 1 is 0.903 bits per heavy atom. The topological polar surface area (TPSA) is 204 Å². The number of aliphatic carboxylic acids is 2. The van der Waals surface area contributed by atoms with Crippen molar-refractivity contribution in [2.24, 2.45) is 16.5 Å². The second-order valence-corrected chi connectivity index (χ2v) is 5.97. The molecule has 12 nitrogen and oxygen atoms in total. The Labute approximate surface area is 175 Å². The van der Waals surface area contributed by atoms with Crippen molar-refractivity contribution in [3.8, 4) is 11.5 Å². The highest BCUT2D eigenvalue weighted by atomic mass is 16.6. The van der Waals surface area contributed by atoms with E-state index in [9.17, 15) is 19.2 Å². The molecule has 1 amide bonds. The lowest BCUT2D eigenvalue weighted by atomic mass is 10.2. The molecular formula is C19H18N4O8. The first-order valence-electron chi connectivity index (χ1n) is 8.59. The number of nitrogens with one attached hydrogen (secondary N) is 1. The van der Waals surface area contributed by atoms with Crippen molar-refractivity contribution in [2.75, 3.05) is 0 Å². The zero-order valence-electron chi connectivity index (χ0n) is 15.8. The summed E-state index contributed by atoms with van der Waals surface area (Å²) in [5.74, 6) is -3.52. The van der Waals surface area contributed by atoms with Crippen molar-refractivity contribution in [3.05, 3.63) is 54.1 Å². The lowest BCUT2D eigenvalue weighted by Crippen LogP contribution is -2.43. The average molecular weight is 430 g/mol. The first kappa shape index (κ1) is 22.7. The third-order valence-electron chi connectivity index (χ3n) is 3.57. The second-order valence-electron chi connectivity index (χ2n) is 5.97. The molecule has 0 aliphatic rings. The van der Waals surface area contributed by atoms with Gasteiger partial charge in [0.2, 0.25) is 0 Å². The molecule has 31 heavy (non-hydrogen) atoms. The van der Waals surface area contributed by atoms with Gasteiger partial charge in [0.1, 0.15) is 17.5 Å². The summed E-state index contributed by atoms with van der Waals surface area (Å²) in [6.07, 6.45) is -1.97. The van der Waals surface area contributed by atoms with Crippen LogP contribution >= 0.6 is 0 Å². The van der Waals surface area contributed by atoms with Gasteiger partial charge in [-0.3, -0.25) is 4.79 Å². The van der Waals surface area contributed by atoms with Crippen LogP contribution in [0, 0.1) is 0 Å². The number of rotatable bonds is 8. The molecule has 1 unspecified atom stereocenters. The van der Waals surface area contributed by atoms with Crippen LogP contribution in [0.1, 0.15) is 16.8 Å². The van der Waals surface area contributed by atoms with E-state index in [2.05, 4.69) is 4.99 Å². The molecule has 0 aromatic heterocycles. The number of ether oxygens (including phenoxy) is 2. The molecular weight excluding hydrogens is 412 g/mol. The van der Waals surface area contributed by atoms with Crippen LogP contribution in [0.5, 0.6) is 11.5 Å². The van der Waals surface area contributed by atoms with Crippen LogP contribution in [-0.2, 0) is 9.59 Å². The predicted molar refractivity (Wildman–Crippen MR) is 106 cm³/mol. The maximum Gasteiger partial charge on any atom is 0.413 e. The van der Waals surface area contributed by atoms with Crippen LogP contribution in [0.15, 0.2) is 53.5 Å². The van der Waals surface area contributed by atoms with Gasteiger partial charge in [-0.2, -0.15) is 0 Å². The van der Waals surface area contributed by atoms with Gasteiger partial charge in [-0.05, 0) is 48.5 Å². The van der Waals surface area contributed by atoms with Crippen molar-refractivity contribution in [3.63, 3.8) is 0 Å². The molecule has 0 fully saturated rings. The molecule has 0 spiro atoms. The Kier molecular flexibility index (Phi) is 7.50. The van der Waals surface area contributed by atoms with E-state index in [-0.39, 0.29) is 23.0 Å². The number of nitrogens with two attached hydrogens (primary N) is 2. The minimum absolute atomic E-state index is 0.0124. The first-order valence-corrected chi connectivity index (χ1v) is 8.59. The fraction of sp³-hybridized carbons (Fsp3) is 0.105. The highest BCUT2D eigenvalue weighted by Crippen LogP contribution is 2.20. The van der Waals surface area contributed by atoms with E-state index in [0.29, 0.717) is 5.69 Å². The minimum Gasteiger partial charge on any atom is -0.481 e. The van der Waals surface area contributed by atoms with Crippen LogP contribution in [-0.4, -0.2) is 46.2 Å². The van der Waals surface area contributed by atoms with Crippen molar-refractivity contribution in [2.45, 2.75) is 12.5 Å². The average Bonchev–Trinajstić information content (AvgIpc) is 2.68. The number of hydrogen-bond acceptors (Lipinski definition) is 7. The molecule has 0 saturated carbocycles. The number of carbonyl (C=O) groups is 4.